The molecule has 1 saturated heterocycles. The Morgan fingerprint density at radius 2 is 2.04 bits per heavy atom. The number of benzene rings is 1. The van der Waals surface area contributed by atoms with Crippen molar-refractivity contribution in [2.24, 2.45) is 0 Å². The van der Waals surface area contributed by atoms with E-state index in [9.17, 15) is 18.4 Å². The summed E-state index contributed by atoms with van der Waals surface area (Å²) in [5.74, 6) is -3.84. The van der Waals surface area contributed by atoms with Crippen LogP contribution in [0.5, 0.6) is 0 Å². The number of amides is 2. The van der Waals surface area contributed by atoms with E-state index in [4.69, 9.17) is 0 Å². The van der Waals surface area contributed by atoms with Gasteiger partial charge in [-0.3, -0.25) is 9.59 Å². The minimum absolute atomic E-state index is 0.338. The number of anilines is 1. The van der Waals surface area contributed by atoms with Gasteiger partial charge in [0.15, 0.2) is 0 Å². The van der Waals surface area contributed by atoms with Gasteiger partial charge in [-0.25, -0.2) is 0 Å². The Kier molecular flexibility index (Phi) is 7.64. The molecule has 0 bridgehead atoms. The van der Waals surface area contributed by atoms with Crippen LogP contribution in [0.1, 0.15) is 19.8 Å². The molecule has 1 aliphatic rings. The Bertz CT molecular complexity index is 601. The summed E-state index contributed by atoms with van der Waals surface area (Å²) in [5, 5.41) is 2.51. The van der Waals surface area contributed by atoms with Crippen LogP contribution in [0.25, 0.3) is 0 Å². The standard InChI is InChI=1S/C17H23F2N3O2S/c1-2-7-21-8-4-9-22(11-10-21)16(24)15(23)20-13-5-3-6-14(12-13)25-17(18)19/h3,5-6,12,17H,2,4,7-11H2,1H3,(H,20,23). The lowest BCUT2D eigenvalue weighted by Gasteiger charge is -2.21. The fourth-order valence-corrected chi connectivity index (χ4v) is 3.35. The number of alkyl halides is 2. The first-order valence-corrected chi connectivity index (χ1v) is 9.25. The number of carbonyl (C=O) groups excluding carboxylic acids is 2. The van der Waals surface area contributed by atoms with E-state index >= 15 is 0 Å². The van der Waals surface area contributed by atoms with Gasteiger partial charge in [-0.1, -0.05) is 24.8 Å². The highest BCUT2D eigenvalue weighted by molar-refractivity contribution is 7.99. The minimum Gasteiger partial charge on any atom is -0.333 e. The summed E-state index contributed by atoms with van der Waals surface area (Å²) in [6.45, 7) is 5.85. The Morgan fingerprint density at radius 1 is 1.24 bits per heavy atom. The summed E-state index contributed by atoms with van der Waals surface area (Å²) in [5.41, 5.74) is 0.339. The molecule has 1 heterocycles. The van der Waals surface area contributed by atoms with Crippen LogP contribution in [0.2, 0.25) is 0 Å². The number of hydrogen-bond acceptors (Lipinski definition) is 4. The van der Waals surface area contributed by atoms with Crippen molar-refractivity contribution < 1.29 is 18.4 Å². The molecule has 25 heavy (non-hydrogen) atoms. The molecule has 0 atom stereocenters. The van der Waals surface area contributed by atoms with Crippen molar-refractivity contribution in [3.63, 3.8) is 0 Å². The molecular formula is C17H23F2N3O2S. The van der Waals surface area contributed by atoms with Crippen molar-refractivity contribution in [2.45, 2.75) is 30.4 Å². The number of thioether (sulfide) groups is 1. The molecule has 1 aliphatic heterocycles. The Morgan fingerprint density at radius 3 is 2.76 bits per heavy atom. The lowest BCUT2D eigenvalue weighted by atomic mass is 10.3. The number of nitrogens with one attached hydrogen (secondary N) is 1. The lowest BCUT2D eigenvalue weighted by molar-refractivity contribution is -0.143. The number of rotatable bonds is 5. The number of nitrogens with zero attached hydrogens (tertiary/aromatic N) is 2. The van der Waals surface area contributed by atoms with Gasteiger partial charge in [-0.15, -0.1) is 0 Å². The zero-order valence-electron chi connectivity index (χ0n) is 14.2. The molecule has 138 valence electrons. The molecule has 2 rings (SSSR count). The fraction of sp³-hybridized carbons (Fsp3) is 0.529. The maximum Gasteiger partial charge on any atom is 0.313 e. The van der Waals surface area contributed by atoms with Gasteiger partial charge in [-0.2, -0.15) is 8.78 Å². The molecule has 1 aromatic carbocycles. The summed E-state index contributed by atoms with van der Waals surface area (Å²) in [6, 6.07) is 6.12. The molecule has 5 nitrogen and oxygen atoms in total. The van der Waals surface area contributed by atoms with E-state index in [1.807, 2.05) is 0 Å². The Balaban J connectivity index is 1.93. The molecule has 0 aliphatic carbocycles. The third kappa shape index (κ3) is 6.28. The molecule has 0 spiro atoms. The lowest BCUT2D eigenvalue weighted by Crippen LogP contribution is -2.41. The largest absolute Gasteiger partial charge is 0.333 e. The van der Waals surface area contributed by atoms with Crippen LogP contribution in [0, 0.1) is 0 Å². The second-order valence-corrected chi connectivity index (χ2v) is 6.91. The van der Waals surface area contributed by atoms with E-state index in [2.05, 4.69) is 17.1 Å². The zero-order valence-corrected chi connectivity index (χ0v) is 15.0. The smallest absolute Gasteiger partial charge is 0.313 e. The van der Waals surface area contributed by atoms with Crippen molar-refractivity contribution in [3.05, 3.63) is 24.3 Å². The van der Waals surface area contributed by atoms with Crippen LogP contribution in [-0.2, 0) is 9.59 Å². The van der Waals surface area contributed by atoms with E-state index in [0.717, 1.165) is 32.5 Å². The van der Waals surface area contributed by atoms with Crippen molar-refractivity contribution in [1.29, 1.82) is 0 Å². The zero-order chi connectivity index (χ0) is 18.2. The molecule has 1 fully saturated rings. The average molecular weight is 371 g/mol. The van der Waals surface area contributed by atoms with Gasteiger partial charge in [0.1, 0.15) is 0 Å². The highest BCUT2D eigenvalue weighted by Crippen LogP contribution is 2.27. The number of hydrogen-bond donors (Lipinski definition) is 1. The van der Waals surface area contributed by atoms with Crippen LogP contribution in [-0.4, -0.2) is 60.1 Å². The highest BCUT2D eigenvalue weighted by atomic mass is 32.2. The summed E-state index contributed by atoms with van der Waals surface area (Å²) < 4.78 is 24.8. The second kappa shape index (κ2) is 9.72. The van der Waals surface area contributed by atoms with Crippen LogP contribution in [0.3, 0.4) is 0 Å². The van der Waals surface area contributed by atoms with Gasteiger partial charge in [0.2, 0.25) is 0 Å². The van der Waals surface area contributed by atoms with E-state index < -0.39 is 17.6 Å². The van der Waals surface area contributed by atoms with Crippen molar-refractivity contribution in [3.8, 4) is 0 Å². The fourth-order valence-electron chi connectivity index (χ4n) is 2.79. The third-order valence-electron chi connectivity index (χ3n) is 3.93. The third-order valence-corrected chi connectivity index (χ3v) is 4.63. The Labute approximate surface area is 150 Å². The minimum atomic E-state index is -2.53. The normalized spacial score (nSPS) is 15.9. The van der Waals surface area contributed by atoms with Gasteiger partial charge in [-0.05, 0) is 44.1 Å². The van der Waals surface area contributed by atoms with Gasteiger partial charge in [0, 0.05) is 30.2 Å². The molecule has 1 N–H and O–H groups in total. The summed E-state index contributed by atoms with van der Waals surface area (Å²) in [4.78, 5) is 28.7. The van der Waals surface area contributed by atoms with Crippen LogP contribution < -0.4 is 5.32 Å². The van der Waals surface area contributed by atoms with Crippen LogP contribution in [0.15, 0.2) is 29.2 Å². The van der Waals surface area contributed by atoms with E-state index in [-0.39, 0.29) is 0 Å². The van der Waals surface area contributed by atoms with E-state index in [0.29, 0.717) is 35.4 Å². The number of halogens is 2. The monoisotopic (exact) mass is 371 g/mol. The molecule has 8 heteroatoms. The first-order valence-electron chi connectivity index (χ1n) is 8.37. The molecule has 2 amide bonds. The predicted octanol–water partition coefficient (Wildman–Crippen LogP) is 2.88. The second-order valence-electron chi connectivity index (χ2n) is 5.85. The molecule has 1 aromatic rings. The summed E-state index contributed by atoms with van der Waals surface area (Å²) >= 11 is 0.398. The Hall–Kier alpha value is -1.67. The quantitative estimate of drug-likeness (QED) is 0.639. The molecule has 0 saturated carbocycles. The molecule has 0 unspecified atom stereocenters. The van der Waals surface area contributed by atoms with Gasteiger partial charge in [0.25, 0.3) is 5.76 Å². The van der Waals surface area contributed by atoms with Crippen LogP contribution >= 0.6 is 11.8 Å². The van der Waals surface area contributed by atoms with Crippen molar-refractivity contribution in [1.82, 2.24) is 9.80 Å². The van der Waals surface area contributed by atoms with E-state index in [1.54, 1.807) is 17.0 Å². The average Bonchev–Trinajstić information content (AvgIpc) is 2.80. The summed E-state index contributed by atoms with van der Waals surface area (Å²) in [6.07, 6.45) is 1.89. The van der Waals surface area contributed by atoms with Gasteiger partial charge < -0.3 is 15.1 Å². The predicted molar refractivity (Wildman–Crippen MR) is 94.9 cm³/mol. The SMILES string of the molecule is CCCN1CCCN(C(=O)C(=O)Nc2cccc(SC(F)F)c2)CC1. The molecule has 0 aromatic heterocycles. The van der Waals surface area contributed by atoms with Crippen LogP contribution in [0.4, 0.5) is 14.5 Å². The van der Waals surface area contributed by atoms with Crippen molar-refractivity contribution >= 4 is 29.3 Å². The maximum absolute atomic E-state index is 12.4. The first-order chi connectivity index (χ1) is 12.0. The maximum atomic E-state index is 12.4. The van der Waals surface area contributed by atoms with Gasteiger partial charge >= 0.3 is 11.8 Å². The van der Waals surface area contributed by atoms with E-state index in [1.165, 1.54) is 12.1 Å². The first kappa shape index (κ1) is 19.7. The molecule has 0 radical (unpaired) electrons. The van der Waals surface area contributed by atoms with Gasteiger partial charge in [0.05, 0.1) is 0 Å². The number of carbonyl (C=O) groups is 2. The molecular weight excluding hydrogens is 348 g/mol. The highest BCUT2D eigenvalue weighted by Gasteiger charge is 2.24. The van der Waals surface area contributed by atoms with Crippen molar-refractivity contribution in [2.75, 3.05) is 38.0 Å². The summed E-state index contributed by atoms with van der Waals surface area (Å²) in [7, 11) is 0. The topological polar surface area (TPSA) is 52.7 Å².